The molecule has 1 aromatic carbocycles. The van der Waals surface area contributed by atoms with E-state index in [1.165, 1.54) is 12.1 Å². The van der Waals surface area contributed by atoms with E-state index < -0.39 is 5.38 Å². The smallest absolute Gasteiger partial charge is 0.240 e. The number of halogens is 2. The van der Waals surface area contributed by atoms with Gasteiger partial charge in [0, 0.05) is 13.1 Å². The van der Waals surface area contributed by atoms with Crippen molar-refractivity contribution in [2.75, 3.05) is 6.54 Å². The van der Waals surface area contributed by atoms with Crippen LogP contribution in [-0.2, 0) is 11.3 Å². The van der Waals surface area contributed by atoms with Gasteiger partial charge in [0.15, 0.2) is 0 Å². The highest BCUT2D eigenvalue weighted by Gasteiger charge is 2.17. The van der Waals surface area contributed by atoms with E-state index in [0.717, 1.165) is 5.56 Å². The van der Waals surface area contributed by atoms with Crippen LogP contribution >= 0.6 is 11.6 Å². The van der Waals surface area contributed by atoms with Crippen LogP contribution in [0.4, 0.5) is 4.39 Å². The average molecular weight is 244 g/mol. The lowest BCUT2D eigenvalue weighted by Crippen LogP contribution is -2.35. The Morgan fingerprint density at radius 1 is 1.56 bits per heavy atom. The summed E-state index contributed by atoms with van der Waals surface area (Å²) in [6.45, 7) is 4.46. The van der Waals surface area contributed by atoms with Gasteiger partial charge in [0.1, 0.15) is 11.2 Å². The summed E-state index contributed by atoms with van der Waals surface area (Å²) in [5.41, 5.74) is 0.771. The van der Waals surface area contributed by atoms with Crippen molar-refractivity contribution < 1.29 is 9.18 Å². The highest BCUT2D eigenvalue weighted by molar-refractivity contribution is 6.30. The normalized spacial score (nSPS) is 12.2. The zero-order valence-electron chi connectivity index (χ0n) is 9.41. The minimum atomic E-state index is -0.548. The van der Waals surface area contributed by atoms with Crippen molar-refractivity contribution in [2.45, 2.75) is 25.8 Å². The first-order valence-electron chi connectivity index (χ1n) is 5.22. The first kappa shape index (κ1) is 13.0. The molecule has 0 fully saturated rings. The Morgan fingerprint density at radius 3 is 2.75 bits per heavy atom. The summed E-state index contributed by atoms with van der Waals surface area (Å²) < 4.78 is 13.0. The standard InChI is InChI=1S/C12H15ClFNO/c1-3-15(12(16)9(2)13)8-10-5-4-6-11(14)7-10/h4-7,9H,3,8H2,1-2H3. The summed E-state index contributed by atoms with van der Waals surface area (Å²) in [5.74, 6) is -0.423. The topological polar surface area (TPSA) is 20.3 Å². The predicted octanol–water partition coefficient (Wildman–Crippen LogP) is 2.80. The van der Waals surface area contributed by atoms with Crippen molar-refractivity contribution in [3.8, 4) is 0 Å². The monoisotopic (exact) mass is 243 g/mol. The molecule has 0 bridgehead atoms. The lowest BCUT2D eigenvalue weighted by Gasteiger charge is -2.22. The van der Waals surface area contributed by atoms with Gasteiger partial charge in [-0.3, -0.25) is 4.79 Å². The third-order valence-corrected chi connectivity index (χ3v) is 2.48. The Hall–Kier alpha value is -1.09. The SMILES string of the molecule is CCN(Cc1cccc(F)c1)C(=O)C(C)Cl. The molecule has 0 aliphatic heterocycles. The van der Waals surface area contributed by atoms with Crippen LogP contribution in [0, 0.1) is 5.82 Å². The van der Waals surface area contributed by atoms with Crippen LogP contribution < -0.4 is 0 Å². The minimum Gasteiger partial charge on any atom is -0.337 e. The van der Waals surface area contributed by atoms with Crippen LogP contribution in [-0.4, -0.2) is 22.7 Å². The molecule has 1 rings (SSSR count). The molecule has 1 amide bonds. The van der Waals surface area contributed by atoms with Gasteiger partial charge in [-0.05, 0) is 31.5 Å². The molecular weight excluding hydrogens is 229 g/mol. The van der Waals surface area contributed by atoms with E-state index in [2.05, 4.69) is 0 Å². The zero-order valence-corrected chi connectivity index (χ0v) is 10.2. The number of nitrogens with zero attached hydrogens (tertiary/aromatic N) is 1. The van der Waals surface area contributed by atoms with Gasteiger partial charge in [0.2, 0.25) is 5.91 Å². The molecule has 0 N–H and O–H groups in total. The zero-order chi connectivity index (χ0) is 12.1. The average Bonchev–Trinajstić information content (AvgIpc) is 2.25. The number of carbonyl (C=O) groups is 1. The second-order valence-electron chi connectivity index (χ2n) is 3.60. The Kier molecular flexibility index (Phi) is 4.74. The Balaban J connectivity index is 2.74. The molecule has 0 aliphatic rings. The summed E-state index contributed by atoms with van der Waals surface area (Å²) in [4.78, 5) is 13.3. The molecule has 0 aliphatic carbocycles. The summed E-state index contributed by atoms with van der Waals surface area (Å²) in [6.07, 6.45) is 0. The quantitative estimate of drug-likeness (QED) is 0.745. The Morgan fingerprint density at radius 2 is 2.25 bits per heavy atom. The Bertz CT molecular complexity index is 368. The van der Waals surface area contributed by atoms with E-state index in [4.69, 9.17) is 11.6 Å². The molecule has 1 unspecified atom stereocenters. The number of hydrogen-bond donors (Lipinski definition) is 0. The number of alkyl halides is 1. The van der Waals surface area contributed by atoms with Crippen LogP contribution in [0.3, 0.4) is 0 Å². The lowest BCUT2D eigenvalue weighted by atomic mass is 10.2. The van der Waals surface area contributed by atoms with E-state index in [-0.39, 0.29) is 11.7 Å². The highest BCUT2D eigenvalue weighted by atomic mass is 35.5. The molecule has 0 radical (unpaired) electrons. The van der Waals surface area contributed by atoms with E-state index >= 15 is 0 Å². The molecule has 4 heteroatoms. The second-order valence-corrected chi connectivity index (χ2v) is 4.25. The summed E-state index contributed by atoms with van der Waals surface area (Å²) in [7, 11) is 0. The molecule has 0 heterocycles. The van der Waals surface area contributed by atoms with Crippen molar-refractivity contribution in [3.05, 3.63) is 35.6 Å². The first-order chi connectivity index (χ1) is 7.54. The van der Waals surface area contributed by atoms with Crippen molar-refractivity contribution in [3.63, 3.8) is 0 Å². The van der Waals surface area contributed by atoms with Gasteiger partial charge in [-0.15, -0.1) is 11.6 Å². The van der Waals surface area contributed by atoms with Crippen LogP contribution in [0.5, 0.6) is 0 Å². The van der Waals surface area contributed by atoms with E-state index in [1.807, 2.05) is 6.92 Å². The minimum absolute atomic E-state index is 0.131. The number of benzene rings is 1. The van der Waals surface area contributed by atoms with Crippen LogP contribution in [0.1, 0.15) is 19.4 Å². The fourth-order valence-electron chi connectivity index (χ4n) is 1.45. The first-order valence-corrected chi connectivity index (χ1v) is 5.65. The van der Waals surface area contributed by atoms with Crippen molar-refractivity contribution in [1.82, 2.24) is 4.90 Å². The molecule has 1 atom stereocenters. The largest absolute Gasteiger partial charge is 0.337 e. The molecule has 88 valence electrons. The Labute approximate surface area is 100 Å². The van der Waals surface area contributed by atoms with E-state index in [0.29, 0.717) is 13.1 Å². The number of rotatable bonds is 4. The number of amides is 1. The van der Waals surface area contributed by atoms with Gasteiger partial charge >= 0.3 is 0 Å². The number of hydrogen-bond acceptors (Lipinski definition) is 1. The van der Waals surface area contributed by atoms with Gasteiger partial charge in [-0.2, -0.15) is 0 Å². The van der Waals surface area contributed by atoms with Crippen LogP contribution in [0.25, 0.3) is 0 Å². The molecule has 16 heavy (non-hydrogen) atoms. The van der Waals surface area contributed by atoms with Gasteiger partial charge in [0.25, 0.3) is 0 Å². The summed E-state index contributed by atoms with van der Waals surface area (Å²) in [5, 5.41) is -0.548. The van der Waals surface area contributed by atoms with E-state index in [1.54, 1.807) is 24.0 Å². The third kappa shape index (κ3) is 3.49. The second kappa shape index (κ2) is 5.85. The molecule has 0 saturated carbocycles. The molecule has 0 spiro atoms. The molecule has 2 nitrogen and oxygen atoms in total. The van der Waals surface area contributed by atoms with Crippen molar-refractivity contribution in [1.29, 1.82) is 0 Å². The van der Waals surface area contributed by atoms with E-state index in [9.17, 15) is 9.18 Å². The lowest BCUT2D eigenvalue weighted by molar-refractivity contribution is -0.130. The van der Waals surface area contributed by atoms with Gasteiger partial charge in [-0.1, -0.05) is 12.1 Å². The maximum absolute atomic E-state index is 13.0. The highest BCUT2D eigenvalue weighted by Crippen LogP contribution is 2.10. The maximum Gasteiger partial charge on any atom is 0.240 e. The van der Waals surface area contributed by atoms with Crippen molar-refractivity contribution in [2.24, 2.45) is 0 Å². The van der Waals surface area contributed by atoms with Gasteiger partial charge in [0.05, 0.1) is 0 Å². The molecular formula is C12H15ClFNO. The molecule has 1 aromatic rings. The van der Waals surface area contributed by atoms with Crippen LogP contribution in [0.2, 0.25) is 0 Å². The molecule has 0 saturated heterocycles. The van der Waals surface area contributed by atoms with Crippen molar-refractivity contribution >= 4 is 17.5 Å². The predicted molar refractivity (Wildman–Crippen MR) is 62.8 cm³/mol. The van der Waals surface area contributed by atoms with Gasteiger partial charge < -0.3 is 4.90 Å². The fourth-order valence-corrected chi connectivity index (χ4v) is 1.59. The van der Waals surface area contributed by atoms with Crippen LogP contribution in [0.15, 0.2) is 24.3 Å². The third-order valence-electron chi connectivity index (χ3n) is 2.30. The fraction of sp³-hybridized carbons (Fsp3) is 0.417. The summed E-state index contributed by atoms with van der Waals surface area (Å²) in [6, 6.07) is 6.23. The maximum atomic E-state index is 13.0. The summed E-state index contributed by atoms with van der Waals surface area (Å²) >= 11 is 5.73. The number of carbonyl (C=O) groups excluding carboxylic acids is 1. The molecule has 0 aromatic heterocycles. The van der Waals surface area contributed by atoms with Gasteiger partial charge in [-0.25, -0.2) is 4.39 Å².